The van der Waals surface area contributed by atoms with Crippen molar-refractivity contribution in [2.75, 3.05) is 19.6 Å². The van der Waals surface area contributed by atoms with E-state index in [9.17, 15) is 4.79 Å². The Balaban J connectivity index is 1.85. The lowest BCUT2D eigenvalue weighted by Crippen LogP contribution is -2.52. The third kappa shape index (κ3) is 2.77. The van der Waals surface area contributed by atoms with Crippen molar-refractivity contribution in [2.24, 2.45) is 0 Å². The van der Waals surface area contributed by atoms with Gasteiger partial charge < -0.3 is 10.2 Å². The van der Waals surface area contributed by atoms with Crippen LogP contribution < -0.4 is 5.32 Å². The van der Waals surface area contributed by atoms with Gasteiger partial charge in [0, 0.05) is 25.7 Å². The average Bonchev–Trinajstić information content (AvgIpc) is 2.97. The molecule has 2 aromatic rings. The summed E-state index contributed by atoms with van der Waals surface area (Å²) in [4.78, 5) is 14.3. The molecule has 2 heterocycles. The van der Waals surface area contributed by atoms with Crippen LogP contribution in [0.3, 0.4) is 0 Å². The fraction of sp³-hybridized carbons (Fsp3) is 0.357. The maximum Gasteiger partial charge on any atom is 0.276 e. The van der Waals surface area contributed by atoms with Crippen LogP contribution in [0.25, 0.3) is 5.69 Å². The molecule has 0 radical (unpaired) electrons. The van der Waals surface area contributed by atoms with E-state index in [4.69, 9.17) is 11.6 Å². The number of piperazine rings is 1. The first-order chi connectivity index (χ1) is 10.2. The predicted octanol–water partition coefficient (Wildman–Crippen LogP) is 1.35. The summed E-state index contributed by atoms with van der Waals surface area (Å²) in [6.45, 7) is 4.29. The Hall–Kier alpha value is -1.92. The predicted molar refractivity (Wildman–Crippen MR) is 79.7 cm³/mol. The Kier molecular flexibility index (Phi) is 3.90. The summed E-state index contributed by atoms with van der Waals surface area (Å²) in [7, 11) is 0. The van der Waals surface area contributed by atoms with Crippen LogP contribution in [0, 0.1) is 0 Å². The van der Waals surface area contributed by atoms with E-state index in [0.29, 0.717) is 22.9 Å². The van der Waals surface area contributed by atoms with Crippen LogP contribution in [0.15, 0.2) is 30.5 Å². The molecule has 1 saturated heterocycles. The standard InChI is InChI=1S/C14H16ClN5O/c1-10-8-16-6-7-19(10)14(21)12-9-20(18-17-12)13-5-3-2-4-11(13)15/h2-5,9-10,16H,6-8H2,1H3/t10-/m1/s1. The van der Waals surface area contributed by atoms with Gasteiger partial charge in [-0.05, 0) is 19.1 Å². The van der Waals surface area contributed by atoms with Crippen LogP contribution in [-0.2, 0) is 0 Å². The summed E-state index contributed by atoms with van der Waals surface area (Å²) in [5.74, 6) is -0.0951. The Bertz CT molecular complexity index is 656. The van der Waals surface area contributed by atoms with Crippen LogP contribution in [-0.4, -0.2) is 51.5 Å². The number of benzene rings is 1. The average molecular weight is 306 g/mol. The fourth-order valence-electron chi connectivity index (χ4n) is 2.41. The number of nitrogens with one attached hydrogen (secondary N) is 1. The molecule has 21 heavy (non-hydrogen) atoms. The number of hydrogen-bond acceptors (Lipinski definition) is 4. The zero-order valence-electron chi connectivity index (χ0n) is 11.7. The van der Waals surface area contributed by atoms with Gasteiger partial charge in [-0.1, -0.05) is 28.9 Å². The maximum absolute atomic E-state index is 12.5. The van der Waals surface area contributed by atoms with E-state index in [2.05, 4.69) is 15.6 Å². The van der Waals surface area contributed by atoms with E-state index < -0.39 is 0 Å². The topological polar surface area (TPSA) is 63.1 Å². The van der Waals surface area contributed by atoms with Crippen LogP contribution in [0.5, 0.6) is 0 Å². The highest BCUT2D eigenvalue weighted by molar-refractivity contribution is 6.32. The summed E-state index contributed by atoms with van der Waals surface area (Å²) in [6, 6.07) is 7.47. The van der Waals surface area contributed by atoms with Crippen LogP contribution in [0.2, 0.25) is 5.02 Å². The molecule has 0 spiro atoms. The summed E-state index contributed by atoms with van der Waals surface area (Å²) in [5.41, 5.74) is 1.04. The second-order valence-corrected chi connectivity index (χ2v) is 5.46. The third-order valence-electron chi connectivity index (χ3n) is 3.57. The number of carbonyl (C=O) groups is 1. The van der Waals surface area contributed by atoms with Crippen molar-refractivity contribution in [1.29, 1.82) is 0 Å². The van der Waals surface area contributed by atoms with Crippen molar-refractivity contribution >= 4 is 17.5 Å². The van der Waals surface area contributed by atoms with Gasteiger partial charge in [0.05, 0.1) is 16.9 Å². The second-order valence-electron chi connectivity index (χ2n) is 5.05. The highest BCUT2D eigenvalue weighted by Crippen LogP contribution is 2.19. The highest BCUT2D eigenvalue weighted by atomic mass is 35.5. The molecule has 1 fully saturated rings. The molecule has 1 amide bonds. The van der Waals surface area contributed by atoms with Gasteiger partial charge in [-0.2, -0.15) is 0 Å². The third-order valence-corrected chi connectivity index (χ3v) is 3.89. The van der Waals surface area contributed by atoms with E-state index in [1.54, 1.807) is 12.3 Å². The van der Waals surface area contributed by atoms with Gasteiger partial charge in [0.15, 0.2) is 5.69 Å². The van der Waals surface area contributed by atoms with Crippen molar-refractivity contribution < 1.29 is 4.79 Å². The molecule has 1 atom stereocenters. The monoisotopic (exact) mass is 305 g/mol. The van der Waals surface area contributed by atoms with E-state index >= 15 is 0 Å². The van der Waals surface area contributed by atoms with Crippen molar-refractivity contribution in [3.63, 3.8) is 0 Å². The maximum atomic E-state index is 12.5. The highest BCUT2D eigenvalue weighted by Gasteiger charge is 2.26. The first-order valence-electron chi connectivity index (χ1n) is 6.86. The van der Waals surface area contributed by atoms with E-state index in [1.165, 1.54) is 4.68 Å². The molecule has 0 saturated carbocycles. The van der Waals surface area contributed by atoms with Gasteiger partial charge >= 0.3 is 0 Å². The van der Waals surface area contributed by atoms with Crippen molar-refractivity contribution in [3.05, 3.63) is 41.2 Å². The zero-order valence-corrected chi connectivity index (χ0v) is 12.4. The van der Waals surface area contributed by atoms with Crippen molar-refractivity contribution in [1.82, 2.24) is 25.2 Å². The first kappa shape index (κ1) is 14.0. The van der Waals surface area contributed by atoms with E-state index in [1.807, 2.05) is 30.0 Å². The number of halogens is 1. The van der Waals surface area contributed by atoms with Crippen molar-refractivity contribution in [2.45, 2.75) is 13.0 Å². The minimum Gasteiger partial charge on any atom is -0.332 e. The summed E-state index contributed by atoms with van der Waals surface area (Å²) >= 11 is 6.13. The lowest BCUT2D eigenvalue weighted by atomic mass is 10.2. The number of amides is 1. The van der Waals surface area contributed by atoms with Gasteiger partial charge in [-0.15, -0.1) is 5.10 Å². The largest absolute Gasteiger partial charge is 0.332 e. The molecule has 7 heteroatoms. The molecule has 1 N–H and O–H groups in total. The Morgan fingerprint density at radius 3 is 3.00 bits per heavy atom. The fourth-order valence-corrected chi connectivity index (χ4v) is 2.63. The van der Waals surface area contributed by atoms with Crippen molar-refractivity contribution in [3.8, 4) is 5.69 Å². The number of aromatic nitrogens is 3. The van der Waals surface area contributed by atoms with Crippen LogP contribution >= 0.6 is 11.6 Å². The smallest absolute Gasteiger partial charge is 0.276 e. The van der Waals surface area contributed by atoms with Gasteiger partial charge in [-0.25, -0.2) is 4.68 Å². The molecule has 3 rings (SSSR count). The number of rotatable bonds is 2. The second kappa shape index (κ2) is 5.83. The molecule has 0 unspecified atom stereocenters. The van der Waals surface area contributed by atoms with Crippen LogP contribution in [0.4, 0.5) is 0 Å². The summed E-state index contributed by atoms with van der Waals surface area (Å²) in [5, 5.41) is 11.8. The minimum absolute atomic E-state index is 0.0951. The van der Waals surface area contributed by atoms with E-state index in [-0.39, 0.29) is 11.9 Å². The molecular formula is C14H16ClN5O. The number of hydrogen-bond donors (Lipinski definition) is 1. The molecule has 6 nitrogen and oxygen atoms in total. The molecule has 110 valence electrons. The number of nitrogens with zero attached hydrogens (tertiary/aromatic N) is 4. The molecule has 1 aliphatic heterocycles. The molecule has 0 bridgehead atoms. The van der Waals surface area contributed by atoms with E-state index in [0.717, 1.165) is 13.1 Å². The van der Waals surface area contributed by atoms with Crippen LogP contribution in [0.1, 0.15) is 17.4 Å². The molecule has 1 aliphatic rings. The zero-order chi connectivity index (χ0) is 14.8. The molecule has 0 aliphatic carbocycles. The minimum atomic E-state index is -0.0951. The Morgan fingerprint density at radius 1 is 1.43 bits per heavy atom. The number of para-hydroxylation sites is 1. The summed E-state index contributed by atoms with van der Waals surface area (Å²) < 4.78 is 1.53. The summed E-state index contributed by atoms with van der Waals surface area (Å²) in [6.07, 6.45) is 1.62. The molecule has 1 aromatic heterocycles. The Labute approximate surface area is 127 Å². The lowest BCUT2D eigenvalue weighted by Gasteiger charge is -2.33. The SMILES string of the molecule is C[C@@H]1CNCCN1C(=O)c1cn(-c2ccccc2Cl)nn1. The normalized spacial score (nSPS) is 18.8. The molecular weight excluding hydrogens is 290 g/mol. The quantitative estimate of drug-likeness (QED) is 0.910. The Morgan fingerprint density at radius 2 is 2.24 bits per heavy atom. The van der Waals surface area contributed by atoms with Gasteiger partial charge in [-0.3, -0.25) is 4.79 Å². The van der Waals surface area contributed by atoms with Gasteiger partial charge in [0.1, 0.15) is 0 Å². The first-order valence-corrected chi connectivity index (χ1v) is 7.23. The van der Waals surface area contributed by atoms with Gasteiger partial charge in [0.2, 0.25) is 0 Å². The number of carbonyl (C=O) groups excluding carboxylic acids is 1. The lowest BCUT2D eigenvalue weighted by molar-refractivity contribution is 0.0649. The molecule has 1 aromatic carbocycles. The van der Waals surface area contributed by atoms with Gasteiger partial charge in [0.25, 0.3) is 5.91 Å².